The fourth-order valence-electron chi connectivity index (χ4n) is 1.15. The summed E-state index contributed by atoms with van der Waals surface area (Å²) in [5, 5.41) is 0.693. The van der Waals surface area contributed by atoms with Crippen molar-refractivity contribution < 1.29 is 4.79 Å². The van der Waals surface area contributed by atoms with Gasteiger partial charge in [-0.1, -0.05) is 22.0 Å². The van der Waals surface area contributed by atoms with Crippen LogP contribution in [-0.4, -0.2) is 11.1 Å². The number of hydrogen-bond acceptors (Lipinski definition) is 1. The second-order valence-electron chi connectivity index (χ2n) is 2.80. The quantitative estimate of drug-likeness (QED) is 0.434. The average Bonchev–Trinajstić information content (AvgIpc) is 2.18. The third kappa shape index (κ3) is 3.21. The Morgan fingerprint density at radius 2 is 2.21 bits per heavy atom. The summed E-state index contributed by atoms with van der Waals surface area (Å²) in [5.74, 6) is 0.538. The highest BCUT2D eigenvalue weighted by Crippen LogP contribution is 2.17. The highest BCUT2D eigenvalue weighted by molar-refractivity contribution is 14.1. The SMILES string of the molecule is O=C(CCBr)c1cc(I)ccc1CCl. The van der Waals surface area contributed by atoms with E-state index in [-0.39, 0.29) is 5.78 Å². The van der Waals surface area contributed by atoms with E-state index in [9.17, 15) is 4.79 Å². The lowest BCUT2D eigenvalue weighted by Gasteiger charge is -2.05. The highest BCUT2D eigenvalue weighted by atomic mass is 127. The summed E-state index contributed by atoms with van der Waals surface area (Å²) < 4.78 is 1.06. The molecule has 1 nitrogen and oxygen atoms in total. The molecular formula is C10H9BrClIO. The first-order valence-corrected chi connectivity index (χ1v) is 6.86. The van der Waals surface area contributed by atoms with Crippen LogP contribution in [-0.2, 0) is 5.88 Å². The molecule has 0 amide bonds. The maximum atomic E-state index is 11.7. The van der Waals surface area contributed by atoms with Crippen molar-refractivity contribution in [3.05, 3.63) is 32.9 Å². The molecule has 4 heteroatoms. The first kappa shape index (κ1) is 12.5. The second kappa shape index (κ2) is 6.08. The standard InChI is InChI=1S/C10H9BrClIO/c11-4-3-10(14)9-5-8(13)2-1-7(9)6-12/h1-2,5H,3-4,6H2. The fraction of sp³-hybridized carbons (Fsp3) is 0.300. The van der Waals surface area contributed by atoms with Crippen LogP contribution in [0.15, 0.2) is 18.2 Å². The molecule has 1 rings (SSSR count). The highest BCUT2D eigenvalue weighted by Gasteiger charge is 2.10. The third-order valence-corrected chi connectivity index (χ3v) is 3.19. The van der Waals surface area contributed by atoms with Crippen LogP contribution >= 0.6 is 50.1 Å². The van der Waals surface area contributed by atoms with Crippen molar-refractivity contribution in [3.8, 4) is 0 Å². The number of Topliss-reactive ketones (excluding diaryl/α,β-unsaturated/α-hetero) is 1. The van der Waals surface area contributed by atoms with Crippen LogP contribution in [0.25, 0.3) is 0 Å². The number of ketones is 1. The van der Waals surface area contributed by atoms with Crippen molar-refractivity contribution >= 4 is 55.9 Å². The summed E-state index contributed by atoms with van der Waals surface area (Å²) in [6, 6.07) is 5.77. The summed E-state index contributed by atoms with van der Waals surface area (Å²) >= 11 is 11.2. The molecule has 0 spiro atoms. The van der Waals surface area contributed by atoms with Crippen molar-refractivity contribution in [3.63, 3.8) is 0 Å². The molecule has 76 valence electrons. The van der Waals surface area contributed by atoms with E-state index in [0.29, 0.717) is 17.6 Å². The molecule has 0 saturated carbocycles. The largest absolute Gasteiger partial charge is 0.294 e. The summed E-state index contributed by atoms with van der Waals surface area (Å²) in [7, 11) is 0. The topological polar surface area (TPSA) is 17.1 Å². The van der Waals surface area contributed by atoms with Gasteiger partial charge in [-0.2, -0.15) is 0 Å². The predicted octanol–water partition coefficient (Wildman–Crippen LogP) is 4.00. The van der Waals surface area contributed by atoms with Crippen molar-refractivity contribution in [1.29, 1.82) is 0 Å². The first-order valence-electron chi connectivity index (χ1n) is 4.12. The van der Waals surface area contributed by atoms with Crippen molar-refractivity contribution in [2.45, 2.75) is 12.3 Å². The Morgan fingerprint density at radius 3 is 2.79 bits per heavy atom. The molecule has 0 radical (unpaired) electrons. The maximum absolute atomic E-state index is 11.7. The zero-order valence-electron chi connectivity index (χ0n) is 7.40. The van der Waals surface area contributed by atoms with Gasteiger partial charge in [0.1, 0.15) is 0 Å². The Hall–Kier alpha value is 0.390. The van der Waals surface area contributed by atoms with E-state index in [1.54, 1.807) is 0 Å². The van der Waals surface area contributed by atoms with Gasteiger partial charge in [-0.15, -0.1) is 11.6 Å². The van der Waals surface area contributed by atoms with Gasteiger partial charge in [-0.25, -0.2) is 0 Å². The van der Waals surface area contributed by atoms with Gasteiger partial charge in [0.2, 0.25) is 0 Å². The Bertz CT molecular complexity index is 341. The Kier molecular flexibility index (Phi) is 5.41. The lowest BCUT2D eigenvalue weighted by Crippen LogP contribution is -2.03. The van der Waals surface area contributed by atoms with Crippen LogP contribution in [0.1, 0.15) is 22.3 Å². The van der Waals surface area contributed by atoms with Crippen LogP contribution in [0.4, 0.5) is 0 Å². The molecule has 0 bridgehead atoms. The van der Waals surface area contributed by atoms with Crippen molar-refractivity contribution in [2.24, 2.45) is 0 Å². The van der Waals surface area contributed by atoms with Crippen molar-refractivity contribution in [1.82, 2.24) is 0 Å². The summed E-state index contributed by atoms with van der Waals surface area (Å²) in [6.45, 7) is 0. The van der Waals surface area contributed by atoms with Gasteiger partial charge >= 0.3 is 0 Å². The zero-order valence-corrected chi connectivity index (χ0v) is 11.9. The van der Waals surface area contributed by atoms with Gasteiger partial charge in [0.25, 0.3) is 0 Å². The minimum atomic E-state index is 0.149. The van der Waals surface area contributed by atoms with Gasteiger partial charge in [-0.05, 0) is 40.3 Å². The van der Waals surface area contributed by atoms with Gasteiger partial charge in [0.05, 0.1) is 0 Å². The third-order valence-electron chi connectivity index (χ3n) is 1.84. The number of carbonyl (C=O) groups is 1. The van der Waals surface area contributed by atoms with Gasteiger partial charge < -0.3 is 0 Å². The van der Waals surface area contributed by atoms with Gasteiger partial charge in [0.15, 0.2) is 5.78 Å². The number of benzene rings is 1. The van der Waals surface area contributed by atoms with Gasteiger partial charge in [-0.3, -0.25) is 4.79 Å². The smallest absolute Gasteiger partial charge is 0.164 e. The minimum absolute atomic E-state index is 0.149. The van der Waals surface area contributed by atoms with Gasteiger partial charge in [0, 0.05) is 26.8 Å². The molecular weight excluding hydrogens is 378 g/mol. The molecule has 0 saturated heterocycles. The van der Waals surface area contributed by atoms with Crippen LogP contribution in [0.5, 0.6) is 0 Å². The number of carbonyl (C=O) groups excluding carboxylic acids is 1. The van der Waals surface area contributed by atoms with E-state index in [1.807, 2.05) is 18.2 Å². The molecule has 0 heterocycles. The normalized spacial score (nSPS) is 10.2. The van der Waals surface area contributed by atoms with Crippen LogP contribution in [0.2, 0.25) is 0 Å². The lowest BCUT2D eigenvalue weighted by atomic mass is 10.0. The Morgan fingerprint density at radius 1 is 1.50 bits per heavy atom. The Balaban J connectivity index is 3.03. The number of alkyl halides is 2. The van der Waals surface area contributed by atoms with Crippen LogP contribution < -0.4 is 0 Å². The maximum Gasteiger partial charge on any atom is 0.164 e. The van der Waals surface area contributed by atoms with E-state index in [1.165, 1.54) is 0 Å². The lowest BCUT2D eigenvalue weighted by molar-refractivity contribution is 0.0989. The van der Waals surface area contributed by atoms with E-state index in [0.717, 1.165) is 14.7 Å². The predicted molar refractivity (Wildman–Crippen MR) is 71.5 cm³/mol. The van der Waals surface area contributed by atoms with Crippen LogP contribution in [0, 0.1) is 3.57 Å². The molecule has 0 atom stereocenters. The first-order chi connectivity index (χ1) is 6.69. The van der Waals surface area contributed by atoms with E-state index < -0.39 is 0 Å². The van der Waals surface area contributed by atoms with E-state index in [4.69, 9.17) is 11.6 Å². The molecule has 1 aromatic carbocycles. The number of rotatable bonds is 4. The van der Waals surface area contributed by atoms with Crippen molar-refractivity contribution in [2.75, 3.05) is 5.33 Å². The molecule has 0 aliphatic heterocycles. The zero-order chi connectivity index (χ0) is 10.6. The molecule has 1 aromatic rings. The molecule has 14 heavy (non-hydrogen) atoms. The molecule has 0 aliphatic rings. The number of hydrogen-bond donors (Lipinski definition) is 0. The minimum Gasteiger partial charge on any atom is -0.294 e. The fourth-order valence-corrected chi connectivity index (χ4v) is 2.23. The molecule has 0 unspecified atom stereocenters. The summed E-state index contributed by atoms with van der Waals surface area (Å²) in [6.07, 6.45) is 0.518. The number of halogens is 3. The Labute approximate surface area is 110 Å². The average molecular weight is 387 g/mol. The molecule has 0 fully saturated rings. The second-order valence-corrected chi connectivity index (χ2v) is 5.10. The van der Waals surface area contributed by atoms with E-state index in [2.05, 4.69) is 38.5 Å². The molecule has 0 N–H and O–H groups in total. The molecule has 0 aliphatic carbocycles. The van der Waals surface area contributed by atoms with Crippen LogP contribution in [0.3, 0.4) is 0 Å². The summed E-state index contributed by atoms with van der Waals surface area (Å²) in [5.41, 5.74) is 1.67. The monoisotopic (exact) mass is 386 g/mol. The molecule has 0 aromatic heterocycles. The van der Waals surface area contributed by atoms with E-state index >= 15 is 0 Å². The summed E-state index contributed by atoms with van der Waals surface area (Å²) in [4.78, 5) is 11.7.